The summed E-state index contributed by atoms with van der Waals surface area (Å²) in [4.78, 5) is 14.0. The first-order chi connectivity index (χ1) is 12.7. The lowest BCUT2D eigenvalue weighted by Crippen LogP contribution is -3.12. The van der Waals surface area contributed by atoms with E-state index in [-0.39, 0.29) is 6.61 Å². The lowest BCUT2D eigenvalue weighted by atomic mass is 9.89. The summed E-state index contributed by atoms with van der Waals surface area (Å²) in [5.41, 5.74) is 1.46. The van der Waals surface area contributed by atoms with Crippen molar-refractivity contribution >= 4 is 27.4 Å². The normalized spacial score (nSPS) is 21.1. The summed E-state index contributed by atoms with van der Waals surface area (Å²) in [6.07, 6.45) is 4.27. The fourth-order valence-corrected chi connectivity index (χ4v) is 5.34. The molecule has 2 aromatic heterocycles. The maximum Gasteiger partial charge on any atom is 0.187 e. The predicted molar refractivity (Wildman–Crippen MR) is 104 cm³/mol. The van der Waals surface area contributed by atoms with Crippen molar-refractivity contribution in [1.29, 1.82) is 0 Å². The molecule has 1 aliphatic heterocycles. The van der Waals surface area contributed by atoms with Crippen molar-refractivity contribution in [1.82, 2.24) is 9.97 Å². The molecule has 2 aliphatic rings. The van der Waals surface area contributed by atoms with Crippen molar-refractivity contribution in [3.63, 3.8) is 0 Å². The van der Waals surface area contributed by atoms with Crippen LogP contribution in [0.2, 0.25) is 0 Å². The molecule has 1 saturated heterocycles. The number of thiophene rings is 1. The van der Waals surface area contributed by atoms with Gasteiger partial charge in [-0.3, -0.25) is 0 Å². The van der Waals surface area contributed by atoms with Crippen LogP contribution in [-0.4, -0.2) is 54.5 Å². The Kier molecular flexibility index (Phi) is 5.69. The molecule has 26 heavy (non-hydrogen) atoms. The minimum atomic E-state index is 0.200. The van der Waals surface area contributed by atoms with Crippen molar-refractivity contribution in [2.75, 3.05) is 44.8 Å². The first kappa shape index (κ1) is 18.1. The average Bonchev–Trinajstić information content (AvgIpc) is 3.00. The highest BCUT2D eigenvalue weighted by Gasteiger charge is 2.25. The first-order valence-electron chi connectivity index (χ1n) is 9.81. The molecule has 3 heterocycles. The number of fused-ring (bicyclic) bond motifs is 3. The third-order valence-corrected chi connectivity index (χ3v) is 6.58. The quantitative estimate of drug-likeness (QED) is 0.656. The van der Waals surface area contributed by atoms with E-state index in [2.05, 4.69) is 12.2 Å². The van der Waals surface area contributed by atoms with Crippen molar-refractivity contribution in [2.24, 2.45) is 5.92 Å². The lowest BCUT2D eigenvalue weighted by Gasteiger charge is -2.23. The number of quaternary nitrogens is 1. The van der Waals surface area contributed by atoms with Crippen LogP contribution in [0.4, 0.5) is 5.82 Å². The second-order valence-corrected chi connectivity index (χ2v) is 8.65. The minimum absolute atomic E-state index is 0.200. The summed E-state index contributed by atoms with van der Waals surface area (Å²) in [7, 11) is 0. The van der Waals surface area contributed by atoms with E-state index in [1.807, 2.05) is 11.3 Å². The highest BCUT2D eigenvalue weighted by atomic mass is 32.1. The molecule has 0 bridgehead atoms. The molecule has 7 heteroatoms. The van der Waals surface area contributed by atoms with Crippen molar-refractivity contribution in [2.45, 2.75) is 39.2 Å². The predicted octanol–water partition coefficient (Wildman–Crippen LogP) is 1.03. The van der Waals surface area contributed by atoms with Gasteiger partial charge in [-0.05, 0) is 37.2 Å². The van der Waals surface area contributed by atoms with Crippen molar-refractivity contribution < 1.29 is 14.7 Å². The molecule has 1 aliphatic carbocycles. The second kappa shape index (κ2) is 8.17. The molecule has 0 radical (unpaired) electrons. The summed E-state index contributed by atoms with van der Waals surface area (Å²) >= 11 is 1.86. The number of aryl methyl sites for hydroxylation is 1. The molecule has 6 nitrogen and oxygen atoms in total. The Balaban J connectivity index is 1.67. The van der Waals surface area contributed by atoms with Crippen LogP contribution in [0.25, 0.3) is 10.2 Å². The Labute approximate surface area is 158 Å². The van der Waals surface area contributed by atoms with Crippen molar-refractivity contribution in [3.8, 4) is 0 Å². The van der Waals surface area contributed by atoms with Gasteiger partial charge in [-0.25, -0.2) is 9.97 Å². The van der Waals surface area contributed by atoms with Crippen LogP contribution < -0.4 is 10.2 Å². The molecule has 0 amide bonds. The number of hydrogen-bond acceptors (Lipinski definition) is 6. The number of aliphatic hydroxyl groups is 1. The van der Waals surface area contributed by atoms with E-state index in [1.165, 1.54) is 27.1 Å². The number of rotatable bonds is 6. The van der Waals surface area contributed by atoms with E-state index >= 15 is 0 Å². The van der Waals surface area contributed by atoms with Gasteiger partial charge in [-0.1, -0.05) is 6.92 Å². The average molecular weight is 378 g/mol. The second-order valence-electron chi connectivity index (χ2n) is 7.56. The molecule has 1 atom stereocenters. The SMILES string of the molecule is C[C@H]1CCc2c(sc3nc(C[NH+]4CCOCC4)nc(NCCCO)c23)C1. The lowest BCUT2D eigenvalue weighted by molar-refractivity contribution is -0.922. The minimum Gasteiger partial charge on any atom is -0.396 e. The van der Waals surface area contributed by atoms with Crippen molar-refractivity contribution in [3.05, 3.63) is 16.3 Å². The standard InChI is InChI=1S/C19H28N4O2S/c1-13-3-4-14-15(11-13)26-19-17(14)18(20-5-2-8-24)21-16(22-19)12-23-6-9-25-10-7-23/h13,24H,2-12H2,1H3,(H,20,21,22)/p+1/t13-/m0/s1. The monoisotopic (exact) mass is 377 g/mol. The van der Waals surface area contributed by atoms with Gasteiger partial charge in [-0.2, -0.15) is 0 Å². The van der Waals surface area contributed by atoms with E-state index in [9.17, 15) is 0 Å². The fourth-order valence-electron chi connectivity index (χ4n) is 3.94. The molecule has 2 aromatic rings. The van der Waals surface area contributed by atoms with E-state index in [0.29, 0.717) is 0 Å². The number of nitrogens with zero attached hydrogens (tertiary/aromatic N) is 2. The molecule has 1 fully saturated rings. The van der Waals surface area contributed by atoms with Crippen LogP contribution in [0.15, 0.2) is 0 Å². The Morgan fingerprint density at radius 3 is 2.96 bits per heavy atom. The third-order valence-electron chi connectivity index (χ3n) is 5.44. The number of nitrogens with one attached hydrogen (secondary N) is 2. The van der Waals surface area contributed by atoms with Gasteiger partial charge in [0.1, 0.15) is 30.3 Å². The zero-order valence-corrected chi connectivity index (χ0v) is 16.3. The topological polar surface area (TPSA) is 71.7 Å². The largest absolute Gasteiger partial charge is 0.396 e. The van der Waals surface area contributed by atoms with Gasteiger partial charge >= 0.3 is 0 Å². The van der Waals surface area contributed by atoms with Gasteiger partial charge in [0.2, 0.25) is 0 Å². The van der Waals surface area contributed by atoms with E-state index in [0.717, 1.165) is 81.0 Å². The molecule has 142 valence electrons. The molecule has 0 aromatic carbocycles. The number of aliphatic hydroxyl groups excluding tert-OH is 1. The zero-order valence-electron chi connectivity index (χ0n) is 15.5. The first-order valence-corrected chi connectivity index (χ1v) is 10.6. The van der Waals surface area contributed by atoms with Crippen LogP contribution in [0, 0.1) is 5.92 Å². The molecule has 0 spiro atoms. The maximum absolute atomic E-state index is 9.12. The summed E-state index contributed by atoms with van der Waals surface area (Å²) in [6, 6.07) is 0. The van der Waals surface area contributed by atoms with Gasteiger partial charge in [0.05, 0.1) is 18.6 Å². The van der Waals surface area contributed by atoms with E-state index in [4.69, 9.17) is 19.8 Å². The summed E-state index contributed by atoms with van der Waals surface area (Å²) in [6.45, 7) is 7.83. The van der Waals surface area contributed by atoms with Crippen LogP contribution >= 0.6 is 11.3 Å². The Hall–Kier alpha value is -1.28. The zero-order chi connectivity index (χ0) is 17.9. The van der Waals surface area contributed by atoms with Gasteiger partial charge in [-0.15, -0.1) is 11.3 Å². The molecule has 4 rings (SSSR count). The Bertz CT molecular complexity index is 758. The summed E-state index contributed by atoms with van der Waals surface area (Å²) in [5.74, 6) is 2.65. The van der Waals surface area contributed by atoms with Crippen LogP contribution in [0.3, 0.4) is 0 Å². The smallest absolute Gasteiger partial charge is 0.187 e. The number of ether oxygens (including phenoxy) is 1. The molecule has 0 unspecified atom stereocenters. The molecular weight excluding hydrogens is 348 g/mol. The maximum atomic E-state index is 9.12. The Morgan fingerprint density at radius 1 is 1.31 bits per heavy atom. The highest BCUT2D eigenvalue weighted by molar-refractivity contribution is 7.19. The number of aromatic nitrogens is 2. The van der Waals surface area contributed by atoms with Crippen LogP contribution in [-0.2, 0) is 24.1 Å². The molecule has 3 N–H and O–H groups in total. The van der Waals surface area contributed by atoms with E-state index < -0.39 is 0 Å². The van der Waals surface area contributed by atoms with Gasteiger partial charge in [0.25, 0.3) is 0 Å². The third kappa shape index (κ3) is 3.86. The number of anilines is 1. The fraction of sp³-hybridized carbons (Fsp3) is 0.684. The molecular formula is C19H29N4O2S+. The molecule has 0 saturated carbocycles. The number of hydrogen-bond donors (Lipinski definition) is 3. The van der Waals surface area contributed by atoms with Gasteiger partial charge in [0.15, 0.2) is 5.82 Å². The van der Waals surface area contributed by atoms with Crippen LogP contribution in [0.5, 0.6) is 0 Å². The van der Waals surface area contributed by atoms with Gasteiger partial charge < -0.3 is 20.1 Å². The summed E-state index contributed by atoms with van der Waals surface area (Å²) < 4.78 is 5.47. The van der Waals surface area contributed by atoms with Crippen LogP contribution in [0.1, 0.15) is 36.0 Å². The highest BCUT2D eigenvalue weighted by Crippen LogP contribution is 2.39. The summed E-state index contributed by atoms with van der Waals surface area (Å²) in [5, 5.41) is 13.8. The Morgan fingerprint density at radius 2 is 2.15 bits per heavy atom. The van der Waals surface area contributed by atoms with Gasteiger partial charge in [0, 0.05) is 18.0 Å². The number of morpholine rings is 1. The van der Waals surface area contributed by atoms with E-state index in [1.54, 1.807) is 0 Å².